The van der Waals surface area contributed by atoms with Crippen LogP contribution in [0.5, 0.6) is 0 Å². The van der Waals surface area contributed by atoms with Crippen LogP contribution in [-0.4, -0.2) is 95.3 Å². The number of unbranched alkanes of at least 4 members (excludes halogenated alkanes) is 1. The van der Waals surface area contributed by atoms with E-state index < -0.39 is 42.0 Å². The van der Waals surface area contributed by atoms with Gasteiger partial charge in [0.05, 0.1) is 24.2 Å². The predicted molar refractivity (Wildman–Crippen MR) is 191 cm³/mol. The van der Waals surface area contributed by atoms with Crippen molar-refractivity contribution < 1.29 is 24.6 Å². The fourth-order valence-electron chi connectivity index (χ4n) is 6.38. The molecule has 9 nitrogen and oxygen atoms in total. The number of aliphatic hydroxyl groups excluding tert-OH is 2. The molecule has 0 unspecified atom stereocenters. The zero-order valence-corrected chi connectivity index (χ0v) is 29.8. The molecule has 1 aromatic rings. The van der Waals surface area contributed by atoms with Gasteiger partial charge in [-0.05, 0) is 57.2 Å². The van der Waals surface area contributed by atoms with E-state index in [4.69, 9.17) is 6.42 Å². The van der Waals surface area contributed by atoms with Crippen LogP contribution in [0.25, 0.3) is 0 Å². The SMILES string of the molecule is C#CCCC[C@H](O)[C@H](O)[C@H](CC1CCCCC1)NC(=O)[C@H](CC#CC)NC(=O)[C@@H](CC(=O)N(C)CCN(CC)CC)Cc1ccccc1. The van der Waals surface area contributed by atoms with Gasteiger partial charge in [0.25, 0.3) is 0 Å². The number of nitrogens with one attached hydrogen (secondary N) is 2. The van der Waals surface area contributed by atoms with Gasteiger partial charge in [0, 0.05) is 39.4 Å². The van der Waals surface area contributed by atoms with Crippen molar-refractivity contribution in [2.75, 3.05) is 33.2 Å². The van der Waals surface area contributed by atoms with Gasteiger partial charge in [-0.2, -0.15) is 0 Å². The Labute approximate surface area is 289 Å². The highest BCUT2D eigenvalue weighted by Gasteiger charge is 2.34. The lowest BCUT2D eigenvalue weighted by atomic mass is 9.82. The van der Waals surface area contributed by atoms with Crippen LogP contribution in [0, 0.1) is 36.0 Å². The fraction of sp³-hybridized carbons (Fsp3) is 0.667. The first-order valence-electron chi connectivity index (χ1n) is 17.9. The minimum atomic E-state index is -1.18. The molecule has 0 aromatic heterocycles. The van der Waals surface area contributed by atoms with E-state index in [1.807, 2.05) is 30.3 Å². The first-order chi connectivity index (χ1) is 23.1. The normalized spacial score (nSPS) is 16.4. The minimum Gasteiger partial charge on any atom is -0.390 e. The van der Waals surface area contributed by atoms with Crippen molar-refractivity contribution in [3.63, 3.8) is 0 Å². The molecule has 5 atom stereocenters. The summed E-state index contributed by atoms with van der Waals surface area (Å²) in [6.45, 7) is 8.93. The zero-order valence-electron chi connectivity index (χ0n) is 29.8. The van der Waals surface area contributed by atoms with Crippen molar-refractivity contribution in [1.82, 2.24) is 20.4 Å². The minimum absolute atomic E-state index is 0.00383. The van der Waals surface area contributed by atoms with E-state index in [1.165, 1.54) is 6.42 Å². The fourth-order valence-corrected chi connectivity index (χ4v) is 6.38. The first kappa shape index (κ1) is 40.8. The molecule has 0 radical (unpaired) electrons. The maximum atomic E-state index is 13.9. The van der Waals surface area contributed by atoms with E-state index >= 15 is 0 Å². The molecule has 1 aromatic carbocycles. The number of likely N-dealkylation sites (N-methyl/N-ethyl adjacent to an activating group) is 2. The third kappa shape index (κ3) is 14.8. The molecule has 48 heavy (non-hydrogen) atoms. The number of rotatable bonds is 21. The van der Waals surface area contributed by atoms with E-state index in [-0.39, 0.29) is 18.7 Å². The predicted octanol–water partition coefficient (Wildman–Crippen LogP) is 3.91. The van der Waals surface area contributed by atoms with Crippen molar-refractivity contribution >= 4 is 17.7 Å². The highest BCUT2D eigenvalue weighted by atomic mass is 16.3. The molecular formula is C39H60N4O5. The van der Waals surface area contributed by atoms with Crippen molar-refractivity contribution in [1.29, 1.82) is 0 Å². The second-order valence-electron chi connectivity index (χ2n) is 13.1. The molecule has 1 saturated carbocycles. The molecular weight excluding hydrogens is 604 g/mol. The van der Waals surface area contributed by atoms with Crippen LogP contribution >= 0.6 is 0 Å². The number of terminal acetylenes is 1. The lowest BCUT2D eigenvalue weighted by Gasteiger charge is -2.33. The summed E-state index contributed by atoms with van der Waals surface area (Å²) in [6.07, 6.45) is 10.8. The molecule has 0 bridgehead atoms. The van der Waals surface area contributed by atoms with Gasteiger partial charge in [-0.1, -0.05) is 76.3 Å². The number of carbonyl (C=O) groups is 3. The van der Waals surface area contributed by atoms with E-state index in [0.29, 0.717) is 44.6 Å². The molecule has 0 spiro atoms. The van der Waals surface area contributed by atoms with Gasteiger partial charge in [-0.15, -0.1) is 24.2 Å². The standard InChI is InChI=1S/C39H60N4O5/c1-6-10-14-24-35(44)37(46)34(28-31-21-17-13-18-22-31)41-39(48)33(23-11-7-2)40-38(47)32(27-30-19-15-12-16-20-30)29-36(45)42(5)25-26-43(8-3)9-4/h1,12,15-16,19-20,31-35,37,44,46H,8-10,13-14,17-18,21-29H2,2-5H3,(H,40,47)(H,41,48)/t32-,33+,34+,35+,37-/m1/s1. The highest BCUT2D eigenvalue weighted by Crippen LogP contribution is 2.29. The van der Waals surface area contributed by atoms with E-state index in [2.05, 4.69) is 47.1 Å². The Kier molecular flexibility index (Phi) is 19.6. The number of hydrogen-bond acceptors (Lipinski definition) is 6. The molecule has 1 fully saturated rings. The summed E-state index contributed by atoms with van der Waals surface area (Å²) in [6, 6.07) is 7.85. The van der Waals surface area contributed by atoms with Crippen LogP contribution in [0.15, 0.2) is 30.3 Å². The van der Waals surface area contributed by atoms with Crippen LogP contribution in [0.2, 0.25) is 0 Å². The Bertz CT molecular complexity index is 1200. The molecule has 2 rings (SSSR count). The number of benzene rings is 1. The van der Waals surface area contributed by atoms with Gasteiger partial charge in [-0.25, -0.2) is 0 Å². The third-order valence-electron chi connectivity index (χ3n) is 9.57. The monoisotopic (exact) mass is 664 g/mol. The van der Waals surface area contributed by atoms with Gasteiger partial charge in [0.1, 0.15) is 6.04 Å². The lowest BCUT2D eigenvalue weighted by Crippen LogP contribution is -2.56. The maximum Gasteiger partial charge on any atom is 0.243 e. The third-order valence-corrected chi connectivity index (χ3v) is 9.57. The number of aliphatic hydroxyl groups is 2. The Balaban J connectivity index is 2.24. The summed E-state index contributed by atoms with van der Waals surface area (Å²) in [5.74, 6) is 6.90. The molecule has 1 aliphatic carbocycles. The largest absolute Gasteiger partial charge is 0.390 e. The summed E-state index contributed by atoms with van der Waals surface area (Å²) in [5, 5.41) is 27.9. The van der Waals surface area contributed by atoms with Crippen LogP contribution in [-0.2, 0) is 20.8 Å². The number of carbonyl (C=O) groups excluding carboxylic acids is 3. The second-order valence-corrected chi connectivity index (χ2v) is 13.1. The van der Waals surface area contributed by atoms with Gasteiger partial charge in [0.2, 0.25) is 17.7 Å². The Morgan fingerprint density at radius 1 is 1.00 bits per heavy atom. The van der Waals surface area contributed by atoms with Gasteiger partial charge in [0.15, 0.2) is 0 Å². The smallest absolute Gasteiger partial charge is 0.243 e. The van der Waals surface area contributed by atoms with Crippen LogP contribution in [0.3, 0.4) is 0 Å². The highest BCUT2D eigenvalue weighted by molar-refractivity contribution is 5.91. The molecule has 1 aliphatic rings. The number of amides is 3. The zero-order chi connectivity index (χ0) is 35.3. The van der Waals surface area contributed by atoms with Crippen molar-refractivity contribution in [3.8, 4) is 24.2 Å². The van der Waals surface area contributed by atoms with Crippen LogP contribution < -0.4 is 10.6 Å². The molecule has 3 amide bonds. The van der Waals surface area contributed by atoms with Crippen molar-refractivity contribution in [2.45, 2.75) is 122 Å². The Hall–Kier alpha value is -3.37. The molecule has 0 saturated heterocycles. The summed E-state index contributed by atoms with van der Waals surface area (Å²) in [5.41, 5.74) is 0.917. The molecule has 4 N–H and O–H groups in total. The Morgan fingerprint density at radius 2 is 1.69 bits per heavy atom. The van der Waals surface area contributed by atoms with Crippen molar-refractivity contribution in [2.24, 2.45) is 11.8 Å². The Morgan fingerprint density at radius 3 is 2.31 bits per heavy atom. The topological polar surface area (TPSA) is 122 Å². The summed E-state index contributed by atoms with van der Waals surface area (Å²) >= 11 is 0. The quantitative estimate of drug-likeness (QED) is 0.117. The van der Waals surface area contributed by atoms with E-state index in [9.17, 15) is 24.6 Å². The van der Waals surface area contributed by atoms with Gasteiger partial charge in [-0.3, -0.25) is 14.4 Å². The van der Waals surface area contributed by atoms with Gasteiger partial charge < -0.3 is 30.6 Å². The summed E-state index contributed by atoms with van der Waals surface area (Å²) < 4.78 is 0. The molecule has 9 heteroatoms. The van der Waals surface area contributed by atoms with Crippen LogP contribution in [0.4, 0.5) is 0 Å². The molecule has 0 aliphatic heterocycles. The molecule has 0 heterocycles. The van der Waals surface area contributed by atoms with Crippen LogP contribution in [0.1, 0.15) is 97.0 Å². The number of nitrogens with zero attached hydrogens (tertiary/aromatic N) is 2. The maximum absolute atomic E-state index is 13.9. The second kappa shape index (κ2) is 23.1. The lowest BCUT2D eigenvalue weighted by molar-refractivity contribution is -0.137. The first-order valence-corrected chi connectivity index (χ1v) is 17.9. The summed E-state index contributed by atoms with van der Waals surface area (Å²) in [7, 11) is 1.76. The average molecular weight is 665 g/mol. The number of hydrogen-bond donors (Lipinski definition) is 4. The molecule has 266 valence electrons. The van der Waals surface area contributed by atoms with Gasteiger partial charge >= 0.3 is 0 Å². The van der Waals surface area contributed by atoms with Crippen molar-refractivity contribution in [3.05, 3.63) is 35.9 Å². The van der Waals surface area contributed by atoms with E-state index in [1.54, 1.807) is 18.9 Å². The summed E-state index contributed by atoms with van der Waals surface area (Å²) in [4.78, 5) is 45.0. The van der Waals surface area contributed by atoms with E-state index in [0.717, 1.165) is 50.9 Å². The average Bonchev–Trinajstić information content (AvgIpc) is 3.10.